The van der Waals surface area contributed by atoms with Gasteiger partial charge in [-0.2, -0.15) is 0 Å². The summed E-state index contributed by atoms with van der Waals surface area (Å²) in [5.74, 6) is 0.295. The number of hydrogen-bond acceptors (Lipinski definition) is 4. The Bertz CT molecular complexity index is 948. The molecule has 2 rings (SSSR count). The maximum Gasteiger partial charge on any atom is 0.261 e. The van der Waals surface area contributed by atoms with Gasteiger partial charge in [0.25, 0.3) is 10.0 Å². The van der Waals surface area contributed by atoms with Crippen molar-refractivity contribution >= 4 is 25.7 Å². The topological polar surface area (TPSA) is 106 Å². The Morgan fingerprint density at radius 2 is 1.54 bits per heavy atom. The Morgan fingerprint density at radius 3 is 2.04 bits per heavy atom. The van der Waals surface area contributed by atoms with E-state index in [2.05, 4.69) is 4.72 Å². The lowest BCUT2D eigenvalue weighted by Gasteiger charge is -2.12. The lowest BCUT2D eigenvalue weighted by atomic mass is 10.0. The molecule has 0 radical (unpaired) electrons. The fraction of sp³-hybridized carbons (Fsp3) is 0.250. The third-order valence-electron chi connectivity index (χ3n) is 3.60. The third-order valence-corrected chi connectivity index (χ3v) is 6.05. The number of rotatable bonds is 5. The molecular formula is C16H20N2O4S2. The lowest BCUT2D eigenvalue weighted by molar-refractivity contribution is 0.596. The van der Waals surface area contributed by atoms with Gasteiger partial charge < -0.3 is 0 Å². The summed E-state index contributed by atoms with van der Waals surface area (Å²) in [6.07, 6.45) is 0. The van der Waals surface area contributed by atoms with Crippen molar-refractivity contribution < 1.29 is 16.8 Å². The minimum atomic E-state index is -3.93. The summed E-state index contributed by atoms with van der Waals surface area (Å²) in [5, 5.41) is 5.14. The molecule has 0 bridgehead atoms. The first-order valence-electron chi connectivity index (χ1n) is 7.27. The number of nitrogens with one attached hydrogen (secondary N) is 1. The minimum Gasteiger partial charge on any atom is -0.280 e. The fourth-order valence-corrected chi connectivity index (χ4v) is 4.07. The predicted octanol–water partition coefficient (Wildman–Crippen LogP) is 2.57. The van der Waals surface area contributed by atoms with Crippen LogP contribution in [0.5, 0.6) is 0 Å². The van der Waals surface area contributed by atoms with Crippen LogP contribution < -0.4 is 9.86 Å². The van der Waals surface area contributed by atoms with Gasteiger partial charge in [0.1, 0.15) is 0 Å². The average molecular weight is 368 g/mol. The van der Waals surface area contributed by atoms with Crippen LogP contribution in [0.1, 0.15) is 30.9 Å². The smallest absolute Gasteiger partial charge is 0.261 e. The van der Waals surface area contributed by atoms with Crippen molar-refractivity contribution in [1.29, 1.82) is 0 Å². The van der Waals surface area contributed by atoms with Crippen molar-refractivity contribution in [2.45, 2.75) is 36.5 Å². The summed E-state index contributed by atoms with van der Waals surface area (Å²) >= 11 is 0. The van der Waals surface area contributed by atoms with Gasteiger partial charge in [0.2, 0.25) is 10.0 Å². The van der Waals surface area contributed by atoms with Gasteiger partial charge >= 0.3 is 0 Å². The first kappa shape index (κ1) is 18.4. The van der Waals surface area contributed by atoms with Crippen LogP contribution in [0.3, 0.4) is 0 Å². The molecule has 8 heteroatoms. The van der Waals surface area contributed by atoms with Crippen LogP contribution >= 0.6 is 0 Å². The summed E-state index contributed by atoms with van der Waals surface area (Å²) in [4.78, 5) is -0.0116. The Kier molecular flexibility index (Phi) is 5.03. The van der Waals surface area contributed by atoms with Crippen LogP contribution in [0.15, 0.2) is 52.3 Å². The predicted molar refractivity (Wildman–Crippen MR) is 93.9 cm³/mol. The van der Waals surface area contributed by atoms with Crippen LogP contribution in [0.4, 0.5) is 5.69 Å². The van der Waals surface area contributed by atoms with Gasteiger partial charge in [-0.15, -0.1) is 0 Å². The first-order valence-corrected chi connectivity index (χ1v) is 10.3. The third kappa shape index (κ3) is 4.14. The molecule has 0 saturated heterocycles. The maximum absolute atomic E-state index is 12.4. The van der Waals surface area contributed by atoms with Crippen LogP contribution in [0.25, 0.3) is 0 Å². The molecule has 0 atom stereocenters. The molecule has 0 aliphatic carbocycles. The molecular weight excluding hydrogens is 348 g/mol. The molecule has 2 aromatic rings. The van der Waals surface area contributed by atoms with Gasteiger partial charge in [0.05, 0.1) is 15.5 Å². The van der Waals surface area contributed by atoms with Crippen LogP contribution in [-0.4, -0.2) is 16.8 Å². The van der Waals surface area contributed by atoms with E-state index in [0.717, 1.165) is 5.56 Å². The number of anilines is 1. The van der Waals surface area contributed by atoms with E-state index in [1.54, 1.807) is 19.1 Å². The van der Waals surface area contributed by atoms with Crippen LogP contribution in [-0.2, 0) is 20.0 Å². The van der Waals surface area contributed by atoms with E-state index in [9.17, 15) is 16.8 Å². The number of benzene rings is 2. The standard InChI is InChI=1S/C16H20N2O4S2/c1-11(2)13-5-8-15(9-6-13)24(21,22)18-14-7-4-12(3)16(10-14)23(17,19)20/h4-11,18H,1-3H3,(H2,17,19,20). The molecule has 2 aromatic carbocycles. The number of nitrogens with two attached hydrogens (primary N) is 1. The molecule has 0 saturated carbocycles. The normalized spacial score (nSPS) is 12.4. The second-order valence-corrected chi connectivity index (χ2v) is 9.07. The van der Waals surface area contributed by atoms with Gasteiger partial charge in [-0.05, 0) is 48.2 Å². The largest absolute Gasteiger partial charge is 0.280 e. The zero-order valence-electron chi connectivity index (χ0n) is 13.6. The number of aryl methyl sites for hydroxylation is 1. The molecule has 0 aliphatic rings. The van der Waals surface area contributed by atoms with Gasteiger partial charge in [0, 0.05) is 0 Å². The zero-order valence-corrected chi connectivity index (χ0v) is 15.3. The monoisotopic (exact) mass is 368 g/mol. The van der Waals surface area contributed by atoms with Crippen molar-refractivity contribution in [2.75, 3.05) is 4.72 Å². The first-order chi connectivity index (χ1) is 11.0. The summed E-state index contributed by atoms with van der Waals surface area (Å²) in [6.45, 7) is 5.62. The summed E-state index contributed by atoms with van der Waals surface area (Å²) < 4.78 is 50.3. The molecule has 0 spiro atoms. The molecule has 0 unspecified atom stereocenters. The highest BCUT2D eigenvalue weighted by atomic mass is 32.2. The highest BCUT2D eigenvalue weighted by molar-refractivity contribution is 7.92. The highest BCUT2D eigenvalue weighted by Gasteiger charge is 2.17. The molecule has 3 N–H and O–H groups in total. The second kappa shape index (κ2) is 6.54. The zero-order chi connectivity index (χ0) is 18.1. The minimum absolute atomic E-state index is 0.102. The van der Waals surface area contributed by atoms with Crippen molar-refractivity contribution in [2.24, 2.45) is 5.14 Å². The average Bonchev–Trinajstić information content (AvgIpc) is 2.48. The quantitative estimate of drug-likeness (QED) is 0.846. The van der Waals surface area contributed by atoms with Crippen molar-refractivity contribution in [1.82, 2.24) is 0 Å². The van der Waals surface area contributed by atoms with E-state index in [1.165, 1.54) is 30.3 Å². The van der Waals surface area contributed by atoms with E-state index >= 15 is 0 Å². The van der Waals surface area contributed by atoms with Crippen molar-refractivity contribution in [3.05, 3.63) is 53.6 Å². The van der Waals surface area contributed by atoms with Gasteiger partial charge in [-0.1, -0.05) is 32.0 Å². The van der Waals surface area contributed by atoms with Gasteiger partial charge in [-0.3, -0.25) is 4.72 Å². The molecule has 0 aromatic heterocycles. The fourth-order valence-electron chi connectivity index (χ4n) is 2.22. The Hall–Kier alpha value is -1.90. The summed E-state index contributed by atoms with van der Waals surface area (Å²) in [7, 11) is -7.74. The molecule has 0 amide bonds. The van der Waals surface area contributed by atoms with E-state index in [4.69, 9.17) is 5.14 Å². The molecule has 6 nitrogen and oxygen atoms in total. The Morgan fingerprint density at radius 1 is 0.958 bits per heavy atom. The SMILES string of the molecule is Cc1ccc(NS(=O)(=O)c2ccc(C(C)C)cc2)cc1S(N)(=O)=O. The molecule has 0 heterocycles. The lowest BCUT2D eigenvalue weighted by Crippen LogP contribution is -2.16. The molecule has 0 aliphatic heterocycles. The van der Waals surface area contributed by atoms with Gasteiger partial charge in [-0.25, -0.2) is 22.0 Å². The van der Waals surface area contributed by atoms with E-state index in [-0.39, 0.29) is 15.5 Å². The number of primary sulfonamides is 1. The van der Waals surface area contributed by atoms with Crippen molar-refractivity contribution in [3.63, 3.8) is 0 Å². The number of hydrogen-bond donors (Lipinski definition) is 2. The summed E-state index contributed by atoms with van der Waals surface area (Å²) in [6, 6.07) is 10.8. The Labute approximate surface area is 142 Å². The van der Waals surface area contributed by atoms with E-state index in [0.29, 0.717) is 11.5 Å². The van der Waals surface area contributed by atoms with Gasteiger partial charge in [0.15, 0.2) is 0 Å². The van der Waals surface area contributed by atoms with Crippen LogP contribution in [0.2, 0.25) is 0 Å². The van der Waals surface area contributed by atoms with E-state index < -0.39 is 20.0 Å². The number of sulfonamides is 2. The second-order valence-electron chi connectivity index (χ2n) is 5.85. The van der Waals surface area contributed by atoms with Crippen LogP contribution in [0, 0.1) is 6.92 Å². The maximum atomic E-state index is 12.4. The highest BCUT2D eigenvalue weighted by Crippen LogP contribution is 2.23. The molecule has 0 fully saturated rings. The summed E-state index contributed by atoms with van der Waals surface area (Å²) in [5.41, 5.74) is 1.61. The Balaban J connectivity index is 2.36. The van der Waals surface area contributed by atoms with Crippen molar-refractivity contribution in [3.8, 4) is 0 Å². The molecule has 24 heavy (non-hydrogen) atoms. The van der Waals surface area contributed by atoms with E-state index in [1.807, 2.05) is 13.8 Å². The molecule has 130 valence electrons.